The van der Waals surface area contributed by atoms with Crippen LogP contribution in [0, 0.1) is 5.92 Å². The predicted octanol–water partition coefficient (Wildman–Crippen LogP) is 0.560. The average Bonchev–Trinajstić information content (AvgIpc) is 2.15. The summed E-state index contributed by atoms with van der Waals surface area (Å²) in [6.07, 6.45) is 1.82. The van der Waals surface area contributed by atoms with Crippen LogP contribution < -0.4 is 5.32 Å². The van der Waals surface area contributed by atoms with Crippen molar-refractivity contribution in [3.8, 4) is 0 Å². The minimum atomic E-state index is -2.78. The van der Waals surface area contributed by atoms with Crippen molar-refractivity contribution in [1.29, 1.82) is 0 Å². The second-order valence-corrected chi connectivity index (χ2v) is 7.42. The predicted molar refractivity (Wildman–Crippen MR) is 65.1 cm³/mol. The first kappa shape index (κ1) is 13.9. The fraction of sp³-hybridized carbons (Fsp3) is 1.00. The van der Waals surface area contributed by atoms with Crippen molar-refractivity contribution in [2.24, 2.45) is 5.92 Å². The molecule has 0 radical (unpaired) electrons. The summed E-state index contributed by atoms with van der Waals surface area (Å²) in [5.41, 5.74) is 0. The van der Waals surface area contributed by atoms with Crippen LogP contribution >= 0.6 is 0 Å². The molecule has 4 nitrogen and oxygen atoms in total. The highest BCUT2D eigenvalue weighted by Crippen LogP contribution is 2.12. The summed E-state index contributed by atoms with van der Waals surface area (Å²) in [5, 5.41) is 12.9. The van der Waals surface area contributed by atoms with Gasteiger partial charge in [-0.1, -0.05) is 13.8 Å². The lowest BCUT2D eigenvalue weighted by Gasteiger charge is -2.24. The number of sulfone groups is 1. The van der Waals surface area contributed by atoms with E-state index >= 15 is 0 Å². The molecule has 96 valence electrons. The van der Waals surface area contributed by atoms with E-state index in [2.05, 4.69) is 19.2 Å². The lowest BCUT2D eigenvalue weighted by Crippen LogP contribution is -2.41. The summed E-state index contributed by atoms with van der Waals surface area (Å²) in [6.45, 7) is 4.73. The molecule has 0 aromatic heterocycles. The van der Waals surface area contributed by atoms with Gasteiger partial charge in [0.15, 0.2) is 0 Å². The molecule has 1 rings (SSSR count). The molecule has 1 aliphatic rings. The summed E-state index contributed by atoms with van der Waals surface area (Å²) >= 11 is 0. The summed E-state index contributed by atoms with van der Waals surface area (Å²) in [5.74, 6) is 1.05. The van der Waals surface area contributed by atoms with Crippen LogP contribution in [0.25, 0.3) is 0 Å². The maximum absolute atomic E-state index is 11.2. The van der Waals surface area contributed by atoms with Crippen LogP contribution in [0.1, 0.15) is 33.1 Å². The summed E-state index contributed by atoms with van der Waals surface area (Å²) < 4.78 is 22.4. The van der Waals surface area contributed by atoms with Crippen LogP contribution in [0.3, 0.4) is 0 Å². The Kier molecular flexibility index (Phi) is 5.21. The lowest BCUT2D eigenvalue weighted by atomic mass is 10.1. The Hall–Kier alpha value is -0.130. The lowest BCUT2D eigenvalue weighted by molar-refractivity contribution is 0.141. The zero-order chi connectivity index (χ0) is 12.2. The van der Waals surface area contributed by atoms with Crippen molar-refractivity contribution in [2.45, 2.75) is 45.3 Å². The molecule has 0 aromatic carbocycles. The normalized spacial score (nSPS) is 23.5. The maximum atomic E-state index is 11.2. The smallest absolute Gasteiger partial charge is 0.150 e. The molecule has 0 aliphatic carbocycles. The Labute approximate surface area is 98.4 Å². The van der Waals surface area contributed by atoms with Crippen LogP contribution in [0.4, 0.5) is 0 Å². The topological polar surface area (TPSA) is 66.4 Å². The molecular weight excluding hydrogens is 226 g/mol. The van der Waals surface area contributed by atoms with E-state index in [9.17, 15) is 13.5 Å². The van der Waals surface area contributed by atoms with E-state index in [1.54, 1.807) is 0 Å². The Bertz CT molecular complexity index is 286. The fourth-order valence-corrected chi connectivity index (χ4v) is 3.52. The van der Waals surface area contributed by atoms with Gasteiger partial charge in [0, 0.05) is 12.6 Å². The molecule has 1 fully saturated rings. The molecule has 1 atom stereocenters. The molecule has 1 unspecified atom stereocenters. The zero-order valence-corrected chi connectivity index (χ0v) is 11.0. The van der Waals surface area contributed by atoms with Crippen LogP contribution in [0.5, 0.6) is 0 Å². The van der Waals surface area contributed by atoms with Gasteiger partial charge in [0.05, 0.1) is 17.6 Å². The van der Waals surface area contributed by atoms with Gasteiger partial charge in [-0.25, -0.2) is 8.42 Å². The third-order valence-corrected chi connectivity index (χ3v) is 4.66. The number of rotatable bonds is 5. The Morgan fingerprint density at radius 2 is 1.88 bits per heavy atom. The van der Waals surface area contributed by atoms with E-state index in [1.807, 2.05) is 0 Å². The molecular formula is C11H23NO3S. The number of aliphatic hydroxyl groups is 1. The SMILES string of the molecule is CC(C)CC(O)CNC1CCS(=O)(=O)CC1. The van der Waals surface area contributed by atoms with E-state index < -0.39 is 9.84 Å². The highest BCUT2D eigenvalue weighted by molar-refractivity contribution is 7.91. The molecule has 16 heavy (non-hydrogen) atoms. The van der Waals surface area contributed by atoms with E-state index in [0.29, 0.717) is 25.3 Å². The molecule has 2 N–H and O–H groups in total. The van der Waals surface area contributed by atoms with Gasteiger partial charge in [0.2, 0.25) is 0 Å². The second kappa shape index (κ2) is 5.98. The first-order valence-corrected chi connectivity index (χ1v) is 7.83. The van der Waals surface area contributed by atoms with Crippen molar-refractivity contribution >= 4 is 9.84 Å². The van der Waals surface area contributed by atoms with E-state index in [4.69, 9.17) is 0 Å². The Morgan fingerprint density at radius 1 is 1.31 bits per heavy atom. The first-order chi connectivity index (χ1) is 7.39. The average molecular weight is 249 g/mol. The molecule has 1 heterocycles. The largest absolute Gasteiger partial charge is 0.392 e. The van der Waals surface area contributed by atoms with E-state index in [1.165, 1.54) is 0 Å². The number of hydrogen-bond donors (Lipinski definition) is 2. The first-order valence-electron chi connectivity index (χ1n) is 6.01. The Balaban J connectivity index is 2.20. The molecule has 0 bridgehead atoms. The zero-order valence-electron chi connectivity index (χ0n) is 10.1. The number of hydrogen-bond acceptors (Lipinski definition) is 4. The third kappa shape index (κ3) is 5.27. The quantitative estimate of drug-likeness (QED) is 0.747. The summed E-state index contributed by atoms with van der Waals surface area (Å²) in [7, 11) is -2.78. The molecule has 0 spiro atoms. The van der Waals surface area contributed by atoms with Gasteiger partial charge < -0.3 is 10.4 Å². The molecule has 0 aromatic rings. The minimum Gasteiger partial charge on any atom is -0.392 e. The van der Waals surface area contributed by atoms with Gasteiger partial charge in [-0.05, 0) is 25.2 Å². The van der Waals surface area contributed by atoms with Crippen LogP contribution in [-0.2, 0) is 9.84 Å². The standard InChI is InChI=1S/C11H23NO3S/c1-9(2)7-11(13)8-12-10-3-5-16(14,15)6-4-10/h9-13H,3-8H2,1-2H3. The van der Waals surface area contributed by atoms with E-state index in [0.717, 1.165) is 6.42 Å². The molecule has 1 aliphatic heterocycles. The monoisotopic (exact) mass is 249 g/mol. The Morgan fingerprint density at radius 3 is 2.38 bits per heavy atom. The molecule has 0 saturated carbocycles. The fourth-order valence-electron chi connectivity index (χ4n) is 2.02. The molecule has 1 saturated heterocycles. The minimum absolute atomic E-state index is 0.255. The van der Waals surface area contributed by atoms with Crippen LogP contribution in [0.2, 0.25) is 0 Å². The van der Waals surface area contributed by atoms with Gasteiger partial charge in [0.25, 0.3) is 0 Å². The van der Waals surface area contributed by atoms with Gasteiger partial charge in [-0.3, -0.25) is 0 Å². The van der Waals surface area contributed by atoms with Crippen LogP contribution in [0.15, 0.2) is 0 Å². The van der Waals surface area contributed by atoms with Crippen molar-refractivity contribution in [2.75, 3.05) is 18.1 Å². The number of aliphatic hydroxyl groups excluding tert-OH is 1. The van der Waals surface area contributed by atoms with Crippen molar-refractivity contribution in [3.63, 3.8) is 0 Å². The van der Waals surface area contributed by atoms with Crippen molar-refractivity contribution < 1.29 is 13.5 Å². The second-order valence-electron chi connectivity index (χ2n) is 5.12. The van der Waals surface area contributed by atoms with Gasteiger partial charge >= 0.3 is 0 Å². The van der Waals surface area contributed by atoms with Crippen molar-refractivity contribution in [1.82, 2.24) is 5.32 Å². The highest BCUT2D eigenvalue weighted by atomic mass is 32.2. The molecule has 5 heteroatoms. The summed E-state index contributed by atoms with van der Waals surface area (Å²) in [4.78, 5) is 0. The van der Waals surface area contributed by atoms with Crippen LogP contribution in [-0.4, -0.2) is 43.7 Å². The maximum Gasteiger partial charge on any atom is 0.150 e. The van der Waals surface area contributed by atoms with Crippen molar-refractivity contribution in [3.05, 3.63) is 0 Å². The van der Waals surface area contributed by atoms with Gasteiger partial charge in [-0.15, -0.1) is 0 Å². The number of nitrogens with one attached hydrogen (secondary N) is 1. The summed E-state index contributed by atoms with van der Waals surface area (Å²) in [6, 6.07) is 0.255. The van der Waals surface area contributed by atoms with Gasteiger partial charge in [-0.2, -0.15) is 0 Å². The third-order valence-electron chi connectivity index (χ3n) is 2.94. The highest BCUT2D eigenvalue weighted by Gasteiger charge is 2.23. The van der Waals surface area contributed by atoms with Gasteiger partial charge in [0.1, 0.15) is 9.84 Å². The van der Waals surface area contributed by atoms with E-state index in [-0.39, 0.29) is 23.7 Å². The molecule has 0 amide bonds.